The van der Waals surface area contributed by atoms with E-state index in [0.29, 0.717) is 6.42 Å². The Morgan fingerprint density at radius 2 is 1.40 bits per heavy atom. The molecule has 5 nitrogen and oxygen atoms in total. The van der Waals surface area contributed by atoms with Gasteiger partial charge in [-0.25, -0.2) is 0 Å². The molecule has 2 N–H and O–H groups in total. The first kappa shape index (κ1) is 23.6. The molecule has 0 aliphatic carbocycles. The number of hydrogen-bond acceptors (Lipinski definition) is 3. The van der Waals surface area contributed by atoms with Gasteiger partial charge in [0, 0.05) is 11.8 Å². The maximum absolute atomic E-state index is 12.5. The van der Waals surface area contributed by atoms with Gasteiger partial charge in [-0.05, 0) is 31.1 Å². The lowest BCUT2D eigenvalue weighted by Crippen LogP contribution is -2.54. The number of hydrogen-bond donors (Lipinski definition) is 2. The van der Waals surface area contributed by atoms with Crippen molar-refractivity contribution in [3.05, 3.63) is 0 Å². The zero-order chi connectivity index (χ0) is 20.0. The highest BCUT2D eigenvalue weighted by Crippen LogP contribution is 2.21. The molecular formula is C20H38N2O3. The molecule has 0 fully saturated rings. The molecule has 0 aromatic heterocycles. The largest absolute Gasteiger partial charge is 0.345 e. The van der Waals surface area contributed by atoms with Gasteiger partial charge in [0.2, 0.25) is 11.8 Å². The Morgan fingerprint density at radius 1 is 0.880 bits per heavy atom. The van der Waals surface area contributed by atoms with E-state index in [1.807, 2.05) is 34.6 Å². The Labute approximate surface area is 153 Å². The summed E-state index contributed by atoms with van der Waals surface area (Å²) in [6.07, 6.45) is 2.15. The molecule has 0 saturated carbocycles. The van der Waals surface area contributed by atoms with E-state index in [9.17, 15) is 14.4 Å². The van der Waals surface area contributed by atoms with Crippen LogP contribution in [0.15, 0.2) is 0 Å². The molecule has 0 radical (unpaired) electrons. The second-order valence-electron chi connectivity index (χ2n) is 9.55. The number of ketones is 1. The fourth-order valence-electron chi connectivity index (χ4n) is 2.58. The summed E-state index contributed by atoms with van der Waals surface area (Å²) in [6.45, 7) is 17.4. The molecule has 0 aromatic carbocycles. The molecule has 0 aromatic rings. The highest BCUT2D eigenvalue weighted by molar-refractivity contribution is 5.94. The van der Waals surface area contributed by atoms with Crippen molar-refractivity contribution in [1.82, 2.24) is 10.6 Å². The number of Topliss-reactive ketones (excluding diaryl/α,β-unsaturated/α-hetero) is 1. The summed E-state index contributed by atoms with van der Waals surface area (Å²) in [6, 6.07) is -1.20. The Morgan fingerprint density at radius 3 is 1.80 bits per heavy atom. The fourth-order valence-corrected chi connectivity index (χ4v) is 2.58. The van der Waals surface area contributed by atoms with Gasteiger partial charge in [0.05, 0.1) is 6.04 Å². The number of carbonyl (C=O) groups excluding carboxylic acids is 3. The summed E-state index contributed by atoms with van der Waals surface area (Å²) in [5.74, 6) is -0.500. The van der Waals surface area contributed by atoms with Crippen molar-refractivity contribution in [2.24, 2.45) is 16.7 Å². The lowest BCUT2D eigenvalue weighted by Gasteiger charge is -2.27. The van der Waals surface area contributed by atoms with Gasteiger partial charge in [-0.2, -0.15) is 0 Å². The topological polar surface area (TPSA) is 75.3 Å². The normalized spacial score (nSPS) is 14.8. The van der Waals surface area contributed by atoms with Crippen LogP contribution in [0.5, 0.6) is 0 Å². The SMILES string of the molecule is CC(C)[C@H](NC(=O)CCCC(C)(C)C)C(=O)N[C@@H](C)C(=O)C(C)(C)C. The summed E-state index contributed by atoms with van der Waals surface area (Å²) in [7, 11) is 0. The number of amides is 2. The van der Waals surface area contributed by atoms with Crippen LogP contribution < -0.4 is 10.6 Å². The van der Waals surface area contributed by atoms with Crippen LogP contribution in [0.3, 0.4) is 0 Å². The molecule has 0 spiro atoms. The maximum atomic E-state index is 12.5. The standard InChI is InChI=1S/C20H38N2O3/c1-13(2)16(22-15(23)11-10-12-19(4,5)6)18(25)21-14(3)17(24)20(7,8)9/h13-14,16H,10-12H2,1-9H3,(H,21,25)(H,22,23)/t14-,16-/m0/s1. The summed E-state index contributed by atoms with van der Waals surface area (Å²) < 4.78 is 0. The highest BCUT2D eigenvalue weighted by atomic mass is 16.2. The third-order valence-corrected chi connectivity index (χ3v) is 4.09. The second-order valence-corrected chi connectivity index (χ2v) is 9.55. The van der Waals surface area contributed by atoms with E-state index in [-0.39, 0.29) is 28.9 Å². The molecular weight excluding hydrogens is 316 g/mol. The molecule has 2 atom stereocenters. The first-order valence-corrected chi connectivity index (χ1v) is 9.29. The van der Waals surface area contributed by atoms with E-state index < -0.39 is 17.5 Å². The first-order chi connectivity index (χ1) is 11.1. The third kappa shape index (κ3) is 9.61. The minimum Gasteiger partial charge on any atom is -0.345 e. The molecule has 0 aliphatic rings. The van der Waals surface area contributed by atoms with Gasteiger partial charge in [-0.1, -0.05) is 55.4 Å². The van der Waals surface area contributed by atoms with Gasteiger partial charge in [-0.3, -0.25) is 14.4 Å². The summed E-state index contributed by atoms with van der Waals surface area (Å²) in [5, 5.41) is 5.57. The van der Waals surface area contributed by atoms with Crippen molar-refractivity contribution in [1.29, 1.82) is 0 Å². The lowest BCUT2D eigenvalue weighted by atomic mass is 9.87. The molecule has 2 amide bonds. The quantitative estimate of drug-likeness (QED) is 0.701. The zero-order valence-electron chi connectivity index (χ0n) is 17.6. The lowest BCUT2D eigenvalue weighted by molar-refractivity contribution is -0.134. The molecule has 25 heavy (non-hydrogen) atoms. The summed E-state index contributed by atoms with van der Waals surface area (Å²) in [5.41, 5.74) is -0.325. The molecule has 0 aliphatic heterocycles. The van der Waals surface area contributed by atoms with E-state index in [0.717, 1.165) is 12.8 Å². The van der Waals surface area contributed by atoms with Crippen LogP contribution in [-0.2, 0) is 14.4 Å². The third-order valence-electron chi connectivity index (χ3n) is 4.09. The highest BCUT2D eigenvalue weighted by Gasteiger charge is 2.31. The van der Waals surface area contributed by atoms with Crippen molar-refractivity contribution in [2.45, 2.75) is 93.7 Å². The van der Waals surface area contributed by atoms with Crippen LogP contribution >= 0.6 is 0 Å². The van der Waals surface area contributed by atoms with Crippen molar-refractivity contribution in [2.75, 3.05) is 0 Å². The molecule has 0 unspecified atom stereocenters. The molecule has 0 heterocycles. The minimum absolute atomic E-state index is 0.0279. The fraction of sp³-hybridized carbons (Fsp3) is 0.850. The Kier molecular flexibility index (Phi) is 8.83. The van der Waals surface area contributed by atoms with E-state index in [1.54, 1.807) is 6.92 Å². The van der Waals surface area contributed by atoms with Crippen LogP contribution in [0.1, 0.15) is 81.6 Å². The van der Waals surface area contributed by atoms with Crippen LogP contribution in [0.25, 0.3) is 0 Å². The molecule has 146 valence electrons. The predicted octanol–water partition coefficient (Wildman–Crippen LogP) is 3.46. The summed E-state index contributed by atoms with van der Waals surface area (Å²) >= 11 is 0. The van der Waals surface area contributed by atoms with E-state index in [1.165, 1.54) is 0 Å². The van der Waals surface area contributed by atoms with Gasteiger partial charge in [0.1, 0.15) is 6.04 Å². The average Bonchev–Trinajstić information content (AvgIpc) is 2.40. The van der Waals surface area contributed by atoms with Crippen LogP contribution in [-0.4, -0.2) is 29.7 Å². The zero-order valence-corrected chi connectivity index (χ0v) is 17.6. The van der Waals surface area contributed by atoms with Crippen molar-refractivity contribution < 1.29 is 14.4 Å². The number of carbonyl (C=O) groups is 3. The molecule has 0 rings (SSSR count). The van der Waals surface area contributed by atoms with Crippen molar-refractivity contribution in [3.63, 3.8) is 0 Å². The van der Waals surface area contributed by atoms with Crippen molar-refractivity contribution >= 4 is 17.6 Å². The van der Waals surface area contributed by atoms with Gasteiger partial charge in [-0.15, -0.1) is 0 Å². The van der Waals surface area contributed by atoms with Crippen LogP contribution in [0, 0.1) is 16.7 Å². The summed E-state index contributed by atoms with van der Waals surface area (Å²) in [4.78, 5) is 36.9. The maximum Gasteiger partial charge on any atom is 0.243 e. The van der Waals surface area contributed by atoms with Gasteiger partial charge in [0.25, 0.3) is 0 Å². The average molecular weight is 355 g/mol. The smallest absolute Gasteiger partial charge is 0.243 e. The van der Waals surface area contributed by atoms with E-state index >= 15 is 0 Å². The number of nitrogens with one attached hydrogen (secondary N) is 2. The monoisotopic (exact) mass is 354 g/mol. The van der Waals surface area contributed by atoms with Crippen LogP contribution in [0.4, 0.5) is 0 Å². The number of rotatable bonds is 8. The van der Waals surface area contributed by atoms with Gasteiger partial charge >= 0.3 is 0 Å². The Bertz CT molecular complexity index is 470. The van der Waals surface area contributed by atoms with Crippen molar-refractivity contribution in [3.8, 4) is 0 Å². The molecule has 5 heteroatoms. The first-order valence-electron chi connectivity index (χ1n) is 9.29. The Hall–Kier alpha value is -1.39. The van der Waals surface area contributed by atoms with Gasteiger partial charge in [0.15, 0.2) is 5.78 Å². The van der Waals surface area contributed by atoms with Crippen LogP contribution in [0.2, 0.25) is 0 Å². The molecule has 0 saturated heterocycles. The second kappa shape index (κ2) is 9.35. The van der Waals surface area contributed by atoms with E-state index in [4.69, 9.17) is 0 Å². The minimum atomic E-state index is -0.627. The molecule has 0 bridgehead atoms. The van der Waals surface area contributed by atoms with Gasteiger partial charge < -0.3 is 10.6 Å². The predicted molar refractivity (Wildman–Crippen MR) is 102 cm³/mol. The Balaban J connectivity index is 4.70. The van der Waals surface area contributed by atoms with E-state index in [2.05, 4.69) is 31.4 Å².